The van der Waals surface area contributed by atoms with Crippen molar-refractivity contribution in [1.82, 2.24) is 15.3 Å². The maximum absolute atomic E-state index is 13.2. The smallest absolute Gasteiger partial charge is 0.252 e. The standard InChI is InChI=1S/C23H18FN3O/c1-15(16-6-8-18(24)9-7-16)26-23(28)20-14-22(17-10-12-25-13-11-17)27-21-5-3-2-4-19(20)21/h2-15H,1H3,(H,26,28). The van der Waals surface area contributed by atoms with Gasteiger partial charge in [-0.3, -0.25) is 9.78 Å². The maximum Gasteiger partial charge on any atom is 0.252 e. The van der Waals surface area contributed by atoms with Crippen molar-refractivity contribution < 1.29 is 9.18 Å². The van der Waals surface area contributed by atoms with Gasteiger partial charge in [-0.2, -0.15) is 0 Å². The van der Waals surface area contributed by atoms with Crippen LogP contribution in [-0.4, -0.2) is 15.9 Å². The number of halogens is 1. The van der Waals surface area contributed by atoms with Crippen molar-refractivity contribution in [3.8, 4) is 11.3 Å². The van der Waals surface area contributed by atoms with Gasteiger partial charge in [0.15, 0.2) is 0 Å². The summed E-state index contributed by atoms with van der Waals surface area (Å²) in [5.41, 5.74) is 3.73. The average molecular weight is 371 g/mol. The fourth-order valence-electron chi connectivity index (χ4n) is 3.14. The SMILES string of the molecule is CC(NC(=O)c1cc(-c2ccncc2)nc2ccccc12)c1ccc(F)cc1. The van der Waals surface area contributed by atoms with Crippen LogP contribution in [0.5, 0.6) is 0 Å². The van der Waals surface area contributed by atoms with Gasteiger partial charge in [0.1, 0.15) is 5.82 Å². The number of fused-ring (bicyclic) bond motifs is 1. The summed E-state index contributed by atoms with van der Waals surface area (Å²) in [4.78, 5) is 21.8. The van der Waals surface area contributed by atoms with E-state index in [1.807, 2.05) is 43.3 Å². The van der Waals surface area contributed by atoms with Crippen LogP contribution in [0, 0.1) is 5.82 Å². The molecule has 0 aliphatic rings. The monoisotopic (exact) mass is 371 g/mol. The Hall–Kier alpha value is -3.60. The zero-order chi connectivity index (χ0) is 19.5. The predicted molar refractivity (Wildman–Crippen MR) is 107 cm³/mol. The number of nitrogens with zero attached hydrogens (tertiary/aromatic N) is 2. The van der Waals surface area contributed by atoms with Crippen LogP contribution in [0.25, 0.3) is 22.2 Å². The highest BCUT2D eigenvalue weighted by Gasteiger charge is 2.16. The van der Waals surface area contributed by atoms with Crippen LogP contribution in [0.2, 0.25) is 0 Å². The lowest BCUT2D eigenvalue weighted by Gasteiger charge is -2.16. The predicted octanol–water partition coefficient (Wildman–Crippen LogP) is 4.93. The van der Waals surface area contributed by atoms with Crippen molar-refractivity contribution in [3.05, 3.63) is 96.1 Å². The number of pyridine rings is 2. The number of hydrogen-bond donors (Lipinski definition) is 1. The second-order valence-corrected chi connectivity index (χ2v) is 6.55. The van der Waals surface area contributed by atoms with Gasteiger partial charge >= 0.3 is 0 Å². The Labute approximate surface area is 162 Å². The highest BCUT2D eigenvalue weighted by molar-refractivity contribution is 6.07. The van der Waals surface area contributed by atoms with Gasteiger partial charge in [-0.15, -0.1) is 0 Å². The Balaban J connectivity index is 1.72. The first kappa shape index (κ1) is 17.8. The minimum atomic E-state index is -0.301. The van der Waals surface area contributed by atoms with Crippen molar-refractivity contribution in [2.45, 2.75) is 13.0 Å². The minimum Gasteiger partial charge on any atom is -0.345 e. The molecule has 2 heterocycles. The number of amides is 1. The summed E-state index contributed by atoms with van der Waals surface area (Å²) in [5.74, 6) is -0.505. The largest absolute Gasteiger partial charge is 0.345 e. The molecule has 0 radical (unpaired) electrons. The third kappa shape index (κ3) is 3.60. The van der Waals surface area contributed by atoms with Gasteiger partial charge < -0.3 is 5.32 Å². The van der Waals surface area contributed by atoms with Gasteiger partial charge in [0.25, 0.3) is 5.91 Å². The van der Waals surface area contributed by atoms with E-state index in [1.54, 1.807) is 30.6 Å². The zero-order valence-corrected chi connectivity index (χ0v) is 15.3. The molecular weight excluding hydrogens is 353 g/mol. The second-order valence-electron chi connectivity index (χ2n) is 6.55. The molecule has 4 aromatic rings. The van der Waals surface area contributed by atoms with Crippen molar-refractivity contribution in [2.24, 2.45) is 0 Å². The molecule has 0 bridgehead atoms. The highest BCUT2D eigenvalue weighted by Crippen LogP contribution is 2.25. The number of nitrogens with one attached hydrogen (secondary N) is 1. The molecule has 1 N–H and O–H groups in total. The van der Waals surface area contributed by atoms with Gasteiger partial charge in [0.2, 0.25) is 0 Å². The lowest BCUT2D eigenvalue weighted by atomic mass is 10.0. The molecule has 1 atom stereocenters. The fraction of sp³-hybridized carbons (Fsp3) is 0.0870. The second kappa shape index (κ2) is 7.56. The number of carbonyl (C=O) groups excluding carboxylic acids is 1. The molecule has 0 saturated heterocycles. The quantitative estimate of drug-likeness (QED) is 0.554. The number of hydrogen-bond acceptors (Lipinski definition) is 3. The lowest BCUT2D eigenvalue weighted by Crippen LogP contribution is -2.27. The first-order chi connectivity index (χ1) is 13.6. The molecule has 4 rings (SSSR count). The molecule has 2 aromatic heterocycles. The van der Waals surface area contributed by atoms with E-state index in [4.69, 9.17) is 0 Å². The number of aromatic nitrogens is 2. The van der Waals surface area contributed by atoms with Crippen LogP contribution in [0.4, 0.5) is 4.39 Å². The van der Waals surface area contributed by atoms with Crippen molar-refractivity contribution in [1.29, 1.82) is 0 Å². The van der Waals surface area contributed by atoms with E-state index in [9.17, 15) is 9.18 Å². The summed E-state index contributed by atoms with van der Waals surface area (Å²) in [6, 6.07) is 18.9. The van der Waals surface area contributed by atoms with Crippen molar-refractivity contribution in [3.63, 3.8) is 0 Å². The summed E-state index contributed by atoms with van der Waals surface area (Å²) in [6.07, 6.45) is 3.39. The molecular formula is C23H18FN3O. The Morgan fingerprint density at radius 3 is 2.46 bits per heavy atom. The van der Waals surface area contributed by atoms with Gasteiger partial charge in [-0.1, -0.05) is 30.3 Å². The lowest BCUT2D eigenvalue weighted by molar-refractivity contribution is 0.0941. The average Bonchev–Trinajstić information content (AvgIpc) is 2.74. The number of para-hydroxylation sites is 1. The Morgan fingerprint density at radius 2 is 1.71 bits per heavy atom. The molecule has 0 saturated carbocycles. The van der Waals surface area contributed by atoms with Gasteiger partial charge in [0.05, 0.1) is 22.8 Å². The van der Waals surface area contributed by atoms with Crippen molar-refractivity contribution in [2.75, 3.05) is 0 Å². The summed E-state index contributed by atoms with van der Waals surface area (Å²) in [7, 11) is 0. The molecule has 138 valence electrons. The number of rotatable bonds is 4. The van der Waals surface area contributed by atoms with E-state index in [2.05, 4.69) is 15.3 Å². The molecule has 2 aromatic carbocycles. The molecule has 0 aliphatic heterocycles. The summed E-state index contributed by atoms with van der Waals surface area (Å²) >= 11 is 0. The maximum atomic E-state index is 13.2. The van der Waals surface area contributed by atoms with E-state index >= 15 is 0 Å². The molecule has 0 aliphatic carbocycles. The highest BCUT2D eigenvalue weighted by atomic mass is 19.1. The molecule has 0 spiro atoms. The van der Waals surface area contributed by atoms with Gasteiger partial charge in [-0.25, -0.2) is 9.37 Å². The summed E-state index contributed by atoms with van der Waals surface area (Å²) in [6.45, 7) is 1.87. The third-order valence-corrected chi connectivity index (χ3v) is 4.65. The van der Waals surface area contributed by atoms with Crippen LogP contribution >= 0.6 is 0 Å². The van der Waals surface area contributed by atoms with Gasteiger partial charge in [-0.05, 0) is 48.9 Å². The van der Waals surface area contributed by atoms with Crippen LogP contribution in [-0.2, 0) is 0 Å². The van der Waals surface area contributed by atoms with Crippen LogP contribution in [0.15, 0.2) is 79.1 Å². The Morgan fingerprint density at radius 1 is 1.00 bits per heavy atom. The topological polar surface area (TPSA) is 54.9 Å². The summed E-state index contributed by atoms with van der Waals surface area (Å²) < 4.78 is 13.2. The third-order valence-electron chi connectivity index (χ3n) is 4.65. The molecule has 5 heteroatoms. The first-order valence-electron chi connectivity index (χ1n) is 8.98. The Kier molecular flexibility index (Phi) is 4.81. The van der Waals surface area contributed by atoms with E-state index < -0.39 is 0 Å². The van der Waals surface area contributed by atoms with E-state index in [1.165, 1.54) is 12.1 Å². The van der Waals surface area contributed by atoms with E-state index in [-0.39, 0.29) is 17.8 Å². The van der Waals surface area contributed by atoms with Gasteiger partial charge in [0, 0.05) is 23.3 Å². The minimum absolute atomic E-state index is 0.203. The zero-order valence-electron chi connectivity index (χ0n) is 15.3. The molecule has 0 fully saturated rings. The molecule has 4 nitrogen and oxygen atoms in total. The van der Waals surface area contributed by atoms with Crippen LogP contribution in [0.3, 0.4) is 0 Å². The van der Waals surface area contributed by atoms with Crippen LogP contribution in [0.1, 0.15) is 28.9 Å². The fourth-order valence-corrected chi connectivity index (χ4v) is 3.14. The van der Waals surface area contributed by atoms with E-state index in [0.717, 1.165) is 22.0 Å². The Bertz CT molecular complexity index is 1130. The summed E-state index contributed by atoms with van der Waals surface area (Å²) in [5, 5.41) is 3.78. The number of carbonyl (C=O) groups is 1. The number of benzene rings is 2. The normalized spacial score (nSPS) is 11.9. The molecule has 1 amide bonds. The van der Waals surface area contributed by atoms with Crippen LogP contribution < -0.4 is 5.32 Å². The van der Waals surface area contributed by atoms with Crippen molar-refractivity contribution >= 4 is 16.8 Å². The molecule has 1 unspecified atom stereocenters. The first-order valence-corrected chi connectivity index (χ1v) is 8.98. The molecule has 28 heavy (non-hydrogen) atoms. The van der Waals surface area contributed by atoms with E-state index in [0.29, 0.717) is 11.3 Å².